The van der Waals surface area contributed by atoms with Crippen LogP contribution in [0.5, 0.6) is 0 Å². The third-order valence-electron chi connectivity index (χ3n) is 4.09. The smallest absolute Gasteiger partial charge is 0.295 e. The Bertz CT molecular complexity index is 766. The van der Waals surface area contributed by atoms with Crippen molar-refractivity contribution in [1.29, 1.82) is 0 Å². The van der Waals surface area contributed by atoms with Crippen LogP contribution < -0.4 is 4.90 Å². The van der Waals surface area contributed by atoms with Crippen molar-refractivity contribution in [2.24, 2.45) is 0 Å². The minimum Gasteiger partial charge on any atom is -0.295 e. The first-order valence-electron chi connectivity index (χ1n) is 7.25. The molecule has 2 saturated heterocycles. The van der Waals surface area contributed by atoms with Gasteiger partial charge >= 0.3 is 6.03 Å². The number of para-hydroxylation sites is 1. The molecule has 4 nitrogen and oxygen atoms in total. The lowest BCUT2D eigenvalue weighted by Crippen LogP contribution is -2.33. The van der Waals surface area contributed by atoms with Crippen molar-refractivity contribution in [3.05, 3.63) is 65.2 Å². The summed E-state index contributed by atoms with van der Waals surface area (Å²) in [6.07, 6.45) is 0. The van der Waals surface area contributed by atoms with Crippen molar-refractivity contribution in [1.82, 2.24) is 4.90 Å². The number of thioether (sulfide) groups is 1. The number of imide groups is 1. The molecule has 0 unspecified atom stereocenters. The quantitative estimate of drug-likeness (QED) is 0.775. The summed E-state index contributed by atoms with van der Waals surface area (Å²) >= 11 is 7.55. The molecule has 0 spiro atoms. The highest BCUT2D eigenvalue weighted by Crippen LogP contribution is 2.46. The first kappa shape index (κ1) is 14.6. The average Bonchev–Trinajstić information content (AvgIpc) is 3.10. The molecular formula is C17H13ClN2O2S. The van der Waals surface area contributed by atoms with Crippen molar-refractivity contribution in [3.8, 4) is 0 Å². The zero-order valence-corrected chi connectivity index (χ0v) is 13.6. The van der Waals surface area contributed by atoms with E-state index in [1.165, 1.54) is 4.90 Å². The van der Waals surface area contributed by atoms with Gasteiger partial charge in [-0.1, -0.05) is 41.9 Å². The third-order valence-corrected chi connectivity index (χ3v) is 5.66. The van der Waals surface area contributed by atoms with E-state index in [1.54, 1.807) is 28.8 Å². The second-order valence-electron chi connectivity index (χ2n) is 5.45. The third kappa shape index (κ3) is 2.31. The summed E-state index contributed by atoms with van der Waals surface area (Å²) in [6.45, 7) is 0. The van der Waals surface area contributed by atoms with Gasteiger partial charge in [-0.3, -0.25) is 9.69 Å². The zero-order valence-electron chi connectivity index (χ0n) is 12.1. The summed E-state index contributed by atoms with van der Waals surface area (Å²) in [4.78, 5) is 28.5. The van der Waals surface area contributed by atoms with Crippen LogP contribution in [-0.2, 0) is 4.79 Å². The molecule has 2 aromatic rings. The molecule has 4 rings (SSSR count). The van der Waals surface area contributed by atoms with Crippen molar-refractivity contribution in [2.75, 3.05) is 10.7 Å². The Balaban J connectivity index is 1.68. The van der Waals surface area contributed by atoms with Gasteiger partial charge in [-0.05, 0) is 29.8 Å². The second-order valence-corrected chi connectivity index (χ2v) is 7.00. The lowest BCUT2D eigenvalue weighted by molar-refractivity contribution is -0.119. The molecule has 0 N–H and O–H groups in total. The lowest BCUT2D eigenvalue weighted by Gasteiger charge is -2.23. The van der Waals surface area contributed by atoms with Crippen LogP contribution in [0.25, 0.3) is 0 Å². The normalized spacial score (nSPS) is 23.5. The summed E-state index contributed by atoms with van der Waals surface area (Å²) in [5.74, 6) is 0.464. The fraction of sp³-hybridized carbons (Fsp3) is 0.176. The van der Waals surface area contributed by atoms with Crippen molar-refractivity contribution in [2.45, 2.75) is 11.4 Å². The highest BCUT2D eigenvalue weighted by molar-refractivity contribution is 7.99. The summed E-state index contributed by atoms with van der Waals surface area (Å²) in [6, 6.07) is 15.9. The maximum Gasteiger partial charge on any atom is 0.333 e. The van der Waals surface area contributed by atoms with Gasteiger partial charge in [0.1, 0.15) is 11.4 Å². The maximum absolute atomic E-state index is 12.8. The van der Waals surface area contributed by atoms with Gasteiger partial charge in [0.05, 0.1) is 5.69 Å². The first-order chi connectivity index (χ1) is 11.2. The molecule has 2 aromatic carbocycles. The first-order valence-corrected chi connectivity index (χ1v) is 8.68. The Morgan fingerprint density at radius 3 is 2.39 bits per heavy atom. The number of nitrogens with zero attached hydrogens (tertiary/aromatic N) is 2. The van der Waals surface area contributed by atoms with Crippen LogP contribution in [0.2, 0.25) is 5.02 Å². The molecule has 23 heavy (non-hydrogen) atoms. The van der Waals surface area contributed by atoms with E-state index in [1.807, 2.05) is 42.5 Å². The molecule has 0 bridgehead atoms. The highest BCUT2D eigenvalue weighted by Gasteiger charge is 2.53. The predicted molar refractivity (Wildman–Crippen MR) is 91.6 cm³/mol. The van der Waals surface area contributed by atoms with Crippen LogP contribution in [0, 0.1) is 0 Å². The summed E-state index contributed by atoms with van der Waals surface area (Å²) in [7, 11) is 0. The number of carbonyl (C=O) groups is 2. The van der Waals surface area contributed by atoms with Gasteiger partial charge in [-0.25, -0.2) is 9.69 Å². The van der Waals surface area contributed by atoms with Crippen LogP contribution in [0.3, 0.4) is 0 Å². The number of hydrogen-bond acceptors (Lipinski definition) is 3. The molecule has 116 valence electrons. The van der Waals surface area contributed by atoms with Crippen LogP contribution >= 0.6 is 23.4 Å². The summed E-state index contributed by atoms with van der Waals surface area (Å²) in [5, 5.41) is 0.505. The van der Waals surface area contributed by atoms with E-state index in [2.05, 4.69) is 0 Å². The van der Waals surface area contributed by atoms with Gasteiger partial charge in [-0.2, -0.15) is 0 Å². The summed E-state index contributed by atoms with van der Waals surface area (Å²) < 4.78 is 0. The monoisotopic (exact) mass is 344 g/mol. The molecule has 2 aliphatic rings. The van der Waals surface area contributed by atoms with E-state index in [-0.39, 0.29) is 17.3 Å². The zero-order chi connectivity index (χ0) is 16.0. The molecule has 0 saturated carbocycles. The van der Waals surface area contributed by atoms with Gasteiger partial charge in [0, 0.05) is 10.8 Å². The highest BCUT2D eigenvalue weighted by atomic mass is 35.5. The molecule has 2 fully saturated rings. The van der Waals surface area contributed by atoms with Crippen LogP contribution in [0.15, 0.2) is 54.6 Å². The molecular weight excluding hydrogens is 332 g/mol. The number of benzene rings is 2. The van der Waals surface area contributed by atoms with E-state index in [4.69, 9.17) is 11.6 Å². The minimum atomic E-state index is -0.395. The molecule has 6 heteroatoms. The van der Waals surface area contributed by atoms with E-state index in [0.717, 1.165) is 5.56 Å². The predicted octanol–water partition coefficient (Wildman–Crippen LogP) is 3.92. The van der Waals surface area contributed by atoms with E-state index in [0.29, 0.717) is 16.5 Å². The number of hydrogen-bond donors (Lipinski definition) is 0. The second kappa shape index (κ2) is 5.58. The fourth-order valence-electron chi connectivity index (χ4n) is 2.99. The Kier molecular flexibility index (Phi) is 3.54. The van der Waals surface area contributed by atoms with Gasteiger partial charge < -0.3 is 0 Å². The molecule has 2 aliphatic heterocycles. The van der Waals surface area contributed by atoms with E-state index in [9.17, 15) is 9.59 Å². The largest absolute Gasteiger partial charge is 0.333 e. The van der Waals surface area contributed by atoms with Crippen LogP contribution in [0.4, 0.5) is 10.5 Å². The Hall–Kier alpha value is -1.98. The molecule has 2 heterocycles. The van der Waals surface area contributed by atoms with Gasteiger partial charge in [0.15, 0.2) is 0 Å². The molecule has 2 atom stereocenters. The number of fused-ring (bicyclic) bond motifs is 1. The lowest BCUT2D eigenvalue weighted by atomic mass is 10.2. The van der Waals surface area contributed by atoms with Crippen molar-refractivity contribution in [3.63, 3.8) is 0 Å². The standard InChI is InChI=1S/C17H13ClN2O2S/c18-12-8-6-11(7-9-12)16-20-14(10-23-16)15(21)19(17(20)22)13-4-2-1-3-5-13/h1-9,14,16H,10H2/t14-,16+/m0/s1. The molecule has 0 aromatic heterocycles. The topological polar surface area (TPSA) is 40.6 Å². The molecule has 0 aliphatic carbocycles. The average molecular weight is 345 g/mol. The Labute approximate surface area is 143 Å². The Morgan fingerprint density at radius 2 is 1.70 bits per heavy atom. The van der Waals surface area contributed by atoms with Gasteiger partial charge in [0.2, 0.25) is 0 Å². The summed E-state index contributed by atoms with van der Waals surface area (Å²) in [5.41, 5.74) is 1.61. The minimum absolute atomic E-state index is 0.148. The van der Waals surface area contributed by atoms with Crippen molar-refractivity contribution >= 4 is 41.0 Å². The number of urea groups is 1. The van der Waals surface area contributed by atoms with Gasteiger partial charge in [0.25, 0.3) is 5.91 Å². The van der Waals surface area contributed by atoms with Crippen molar-refractivity contribution < 1.29 is 9.59 Å². The number of rotatable bonds is 2. The van der Waals surface area contributed by atoms with Crippen LogP contribution in [-0.4, -0.2) is 28.6 Å². The number of carbonyl (C=O) groups excluding carboxylic acids is 2. The van der Waals surface area contributed by atoms with E-state index >= 15 is 0 Å². The Morgan fingerprint density at radius 1 is 1.00 bits per heavy atom. The SMILES string of the molecule is O=C1[C@@H]2CS[C@H](c3ccc(Cl)cc3)N2C(=O)N1c1ccccc1. The number of anilines is 1. The maximum atomic E-state index is 12.8. The molecule has 3 amide bonds. The van der Waals surface area contributed by atoms with Gasteiger partial charge in [-0.15, -0.1) is 11.8 Å². The number of amides is 3. The van der Waals surface area contributed by atoms with Crippen LogP contribution in [0.1, 0.15) is 10.9 Å². The van der Waals surface area contributed by atoms with E-state index < -0.39 is 6.04 Å². The molecule has 0 radical (unpaired) electrons. The fourth-order valence-corrected chi connectivity index (χ4v) is 4.53. The number of halogens is 1.